The van der Waals surface area contributed by atoms with Crippen LogP contribution in [0.25, 0.3) is 6.08 Å². The van der Waals surface area contributed by atoms with E-state index in [0.29, 0.717) is 36.4 Å². The lowest BCUT2D eigenvalue weighted by Crippen LogP contribution is -2.66. The normalized spacial score (nSPS) is 22.6. The molecular weight excluding hydrogens is 540 g/mol. The van der Waals surface area contributed by atoms with E-state index in [1.165, 1.54) is 10.4 Å². The molecule has 3 atom stereocenters. The SMILES string of the molecule is C=C(C)[C@@H]1CCC2=C[C@H](C/C(C)=C\c3cc(CO[Si](c4ccccc4)(c4ccccc4)C(C)(C)C)c(o3)[C@H]1O)OC2=O. The molecule has 3 aromatic rings. The molecule has 5 rings (SSSR count). The number of benzene rings is 2. The first-order valence-corrected chi connectivity index (χ1v) is 16.7. The Bertz CT molecular complexity index is 1450. The molecule has 2 aromatic carbocycles. The van der Waals surface area contributed by atoms with Crippen molar-refractivity contribution in [3.05, 3.63) is 113 Å². The van der Waals surface area contributed by atoms with E-state index < -0.39 is 14.4 Å². The topological polar surface area (TPSA) is 68.9 Å². The lowest BCUT2D eigenvalue weighted by atomic mass is 9.87. The van der Waals surface area contributed by atoms with Crippen LogP contribution in [-0.4, -0.2) is 25.5 Å². The molecule has 0 saturated heterocycles. The number of furan rings is 1. The zero-order chi connectivity index (χ0) is 30.1. The molecule has 0 aliphatic carbocycles. The van der Waals surface area contributed by atoms with Gasteiger partial charge in [0.15, 0.2) is 0 Å². The van der Waals surface area contributed by atoms with Crippen molar-refractivity contribution in [2.24, 2.45) is 5.92 Å². The molecule has 0 unspecified atom stereocenters. The molecule has 4 bridgehead atoms. The number of hydrogen-bond donors (Lipinski definition) is 1. The van der Waals surface area contributed by atoms with Gasteiger partial charge in [-0.3, -0.25) is 0 Å². The highest BCUT2D eigenvalue weighted by atomic mass is 28.4. The Morgan fingerprint density at radius 1 is 1.07 bits per heavy atom. The first-order valence-electron chi connectivity index (χ1n) is 14.8. The van der Waals surface area contributed by atoms with Crippen LogP contribution in [0.2, 0.25) is 5.04 Å². The van der Waals surface area contributed by atoms with Crippen LogP contribution in [0.15, 0.2) is 101 Å². The number of rotatable bonds is 6. The van der Waals surface area contributed by atoms with Crippen LogP contribution in [0.1, 0.15) is 77.1 Å². The quantitative estimate of drug-likeness (QED) is 0.192. The Kier molecular flexibility index (Phi) is 8.60. The lowest BCUT2D eigenvalue weighted by Gasteiger charge is -2.43. The van der Waals surface area contributed by atoms with E-state index in [2.05, 4.69) is 75.9 Å². The van der Waals surface area contributed by atoms with Crippen LogP contribution < -0.4 is 10.4 Å². The number of carbonyl (C=O) groups excluding carboxylic acids is 1. The summed E-state index contributed by atoms with van der Waals surface area (Å²) >= 11 is 0. The highest BCUT2D eigenvalue weighted by molar-refractivity contribution is 6.99. The molecule has 0 radical (unpaired) electrons. The molecule has 6 heteroatoms. The van der Waals surface area contributed by atoms with Gasteiger partial charge in [-0.05, 0) is 60.3 Å². The van der Waals surface area contributed by atoms with Gasteiger partial charge >= 0.3 is 5.97 Å². The number of aliphatic hydroxyl groups is 1. The predicted molar refractivity (Wildman–Crippen MR) is 170 cm³/mol. The molecule has 0 amide bonds. The number of fused-ring (bicyclic) bond motifs is 3. The van der Waals surface area contributed by atoms with E-state index in [-0.39, 0.29) is 29.6 Å². The number of aliphatic hydroxyl groups excluding tert-OH is 1. The third-order valence-corrected chi connectivity index (χ3v) is 13.5. The minimum absolute atomic E-state index is 0.186. The van der Waals surface area contributed by atoms with E-state index in [1.807, 2.05) is 44.2 Å². The zero-order valence-electron chi connectivity index (χ0n) is 25.4. The average Bonchev–Trinajstić information content (AvgIpc) is 3.50. The van der Waals surface area contributed by atoms with Crippen LogP contribution >= 0.6 is 0 Å². The Morgan fingerprint density at radius 3 is 2.26 bits per heavy atom. The van der Waals surface area contributed by atoms with Crippen molar-refractivity contribution < 1.29 is 23.5 Å². The van der Waals surface area contributed by atoms with Gasteiger partial charge in [0.2, 0.25) is 0 Å². The van der Waals surface area contributed by atoms with Crippen molar-refractivity contribution in [2.45, 2.75) is 77.7 Å². The van der Waals surface area contributed by atoms with Crippen molar-refractivity contribution in [1.82, 2.24) is 0 Å². The summed E-state index contributed by atoms with van der Waals surface area (Å²) in [6, 6.07) is 23.1. The lowest BCUT2D eigenvalue weighted by molar-refractivity contribution is -0.139. The van der Waals surface area contributed by atoms with Gasteiger partial charge in [0.25, 0.3) is 8.32 Å². The average molecular weight is 583 g/mol. The Labute approximate surface area is 250 Å². The minimum Gasteiger partial charge on any atom is -0.459 e. The summed E-state index contributed by atoms with van der Waals surface area (Å²) in [5.74, 6) is 0.586. The number of carbonyl (C=O) groups is 1. The highest BCUT2D eigenvalue weighted by Crippen LogP contribution is 2.40. The molecule has 0 spiro atoms. The number of esters is 1. The highest BCUT2D eigenvalue weighted by Gasteiger charge is 2.50. The summed E-state index contributed by atoms with van der Waals surface area (Å²) < 4.78 is 19.2. The first-order chi connectivity index (χ1) is 20.0. The van der Waals surface area contributed by atoms with Crippen molar-refractivity contribution in [1.29, 1.82) is 0 Å². The van der Waals surface area contributed by atoms with Crippen LogP contribution in [0.4, 0.5) is 0 Å². The predicted octanol–water partition coefficient (Wildman–Crippen LogP) is 7.02. The summed E-state index contributed by atoms with van der Waals surface area (Å²) in [5.41, 5.74) is 3.35. The maximum Gasteiger partial charge on any atom is 0.334 e. The van der Waals surface area contributed by atoms with Crippen LogP contribution in [0.3, 0.4) is 0 Å². The monoisotopic (exact) mass is 582 g/mol. The zero-order valence-corrected chi connectivity index (χ0v) is 26.4. The van der Waals surface area contributed by atoms with Crippen LogP contribution in [-0.2, 0) is 20.6 Å². The molecule has 1 aromatic heterocycles. The fraction of sp³-hybridized carbons (Fsp3) is 0.361. The van der Waals surface area contributed by atoms with Crippen LogP contribution in [0.5, 0.6) is 0 Å². The summed E-state index contributed by atoms with van der Waals surface area (Å²) in [4.78, 5) is 12.5. The molecule has 0 saturated carbocycles. The molecule has 5 nitrogen and oxygen atoms in total. The fourth-order valence-electron chi connectivity index (χ4n) is 6.46. The maximum absolute atomic E-state index is 12.5. The Balaban J connectivity index is 1.58. The van der Waals surface area contributed by atoms with Crippen molar-refractivity contribution >= 4 is 30.7 Å². The number of hydrogen-bond acceptors (Lipinski definition) is 5. The van der Waals surface area contributed by atoms with Gasteiger partial charge in [-0.25, -0.2) is 4.79 Å². The smallest absolute Gasteiger partial charge is 0.334 e. The molecule has 220 valence electrons. The fourth-order valence-corrected chi connectivity index (χ4v) is 11.0. The van der Waals surface area contributed by atoms with E-state index in [0.717, 1.165) is 16.7 Å². The van der Waals surface area contributed by atoms with Gasteiger partial charge in [0, 0.05) is 23.5 Å². The third kappa shape index (κ3) is 5.89. The summed E-state index contributed by atoms with van der Waals surface area (Å²) in [6.07, 6.45) is 4.33. The summed E-state index contributed by atoms with van der Waals surface area (Å²) in [6.45, 7) is 15.2. The van der Waals surface area contributed by atoms with Gasteiger partial charge in [-0.2, -0.15) is 0 Å². The Morgan fingerprint density at radius 2 is 1.69 bits per heavy atom. The van der Waals surface area contributed by atoms with E-state index >= 15 is 0 Å². The number of ether oxygens (including phenoxy) is 1. The molecule has 2 aliphatic heterocycles. The van der Waals surface area contributed by atoms with E-state index in [4.69, 9.17) is 13.6 Å². The van der Waals surface area contributed by atoms with Gasteiger partial charge in [-0.1, -0.05) is 99.2 Å². The minimum atomic E-state index is -2.82. The molecule has 3 heterocycles. The van der Waals surface area contributed by atoms with Gasteiger partial charge in [0.05, 0.1) is 6.61 Å². The Hall–Kier alpha value is -3.45. The summed E-state index contributed by atoms with van der Waals surface area (Å²) in [7, 11) is -2.82. The van der Waals surface area contributed by atoms with E-state index in [9.17, 15) is 9.90 Å². The molecular formula is C36H42O5Si. The molecule has 2 aliphatic rings. The van der Waals surface area contributed by atoms with Gasteiger partial charge < -0.3 is 18.7 Å². The summed E-state index contributed by atoms with van der Waals surface area (Å²) in [5, 5.41) is 14.0. The molecule has 42 heavy (non-hydrogen) atoms. The standard InChI is InChI=1S/C36H42O5Si/c1-24(2)32-18-17-26-21-29(41-35(26)38)20-25(3)19-28-22-27(34(40-28)33(32)37)23-39-42(36(4,5)6,30-13-9-7-10-14-30)31-15-11-8-12-16-31/h7-16,19,21-22,29,32-33,37H,1,17-18,20,23H2,2-6H3/b25-19-/t29-,32-,33-/m0/s1. The second kappa shape index (κ2) is 12.0. The van der Waals surface area contributed by atoms with Gasteiger partial charge in [-0.15, -0.1) is 0 Å². The third-order valence-electron chi connectivity index (χ3n) is 8.55. The van der Waals surface area contributed by atoms with Gasteiger partial charge in [0.1, 0.15) is 23.7 Å². The second-order valence-electron chi connectivity index (χ2n) is 12.8. The van der Waals surface area contributed by atoms with Crippen LogP contribution in [0, 0.1) is 5.92 Å². The molecule has 1 N–H and O–H groups in total. The van der Waals surface area contributed by atoms with Crippen molar-refractivity contribution in [3.8, 4) is 0 Å². The largest absolute Gasteiger partial charge is 0.459 e. The van der Waals surface area contributed by atoms with Crippen molar-refractivity contribution in [2.75, 3.05) is 0 Å². The second-order valence-corrected chi connectivity index (χ2v) is 17.1. The molecule has 0 fully saturated rings. The maximum atomic E-state index is 12.5. The first kappa shape index (κ1) is 30.0. The van der Waals surface area contributed by atoms with Crippen molar-refractivity contribution in [3.63, 3.8) is 0 Å². The van der Waals surface area contributed by atoms with E-state index in [1.54, 1.807) is 0 Å².